The lowest BCUT2D eigenvalue weighted by Crippen LogP contribution is -1.96. The lowest BCUT2D eigenvalue weighted by molar-refractivity contribution is -0.384. The highest BCUT2D eigenvalue weighted by Gasteiger charge is 2.08. The largest absolute Gasteiger partial charge is 0.270 e. The molecule has 1 N–H and O–H groups in total. The predicted molar refractivity (Wildman–Crippen MR) is 93.7 cm³/mol. The van der Waals surface area contributed by atoms with Crippen molar-refractivity contribution in [1.82, 2.24) is 14.9 Å². The first kappa shape index (κ1) is 15.8. The third kappa shape index (κ3) is 3.28. The number of aromatic nitrogens is 3. The van der Waals surface area contributed by atoms with E-state index in [0.29, 0.717) is 16.2 Å². The topological polar surface area (TPSA) is 89.1 Å². The predicted octanol–water partition coefficient (Wildman–Crippen LogP) is 3.71. The molecule has 0 saturated carbocycles. The molecule has 3 aromatic rings. The molecule has 0 unspecified atom stereocenters. The molecule has 0 saturated heterocycles. The van der Waals surface area contributed by atoms with E-state index in [2.05, 4.69) is 15.3 Å². The second-order valence-corrected chi connectivity index (χ2v) is 5.52. The highest BCUT2D eigenvalue weighted by molar-refractivity contribution is 7.71. The van der Waals surface area contributed by atoms with Crippen LogP contribution in [0.2, 0.25) is 0 Å². The number of non-ortho nitro benzene ring substituents is 1. The van der Waals surface area contributed by atoms with E-state index in [-0.39, 0.29) is 5.69 Å². The molecule has 0 spiro atoms. The van der Waals surface area contributed by atoms with Crippen LogP contribution in [0.5, 0.6) is 0 Å². The Kier molecular flexibility index (Phi) is 4.30. The third-order valence-electron chi connectivity index (χ3n) is 3.33. The van der Waals surface area contributed by atoms with Crippen molar-refractivity contribution in [2.45, 2.75) is 6.92 Å². The standard InChI is InChI=1S/C16H13N5O2S/c1-11-4-2-6-13(8-11)15-18-19-16(24)20(15)17-10-12-5-3-7-14(9-12)21(22)23/h2-10H,1H3,(H,19,24)/b17-10-. The van der Waals surface area contributed by atoms with E-state index in [1.165, 1.54) is 23.0 Å². The summed E-state index contributed by atoms with van der Waals surface area (Å²) in [5, 5.41) is 22.1. The maximum Gasteiger partial charge on any atom is 0.270 e. The number of hydrogen-bond donors (Lipinski definition) is 1. The van der Waals surface area contributed by atoms with Crippen molar-refractivity contribution in [1.29, 1.82) is 0 Å². The molecule has 24 heavy (non-hydrogen) atoms. The zero-order valence-corrected chi connectivity index (χ0v) is 13.5. The number of nitro benzene ring substituents is 1. The Balaban J connectivity index is 1.99. The summed E-state index contributed by atoms with van der Waals surface area (Å²) in [6, 6.07) is 14.0. The van der Waals surface area contributed by atoms with Crippen LogP contribution in [-0.2, 0) is 0 Å². The Bertz CT molecular complexity index is 990. The van der Waals surface area contributed by atoms with Crippen molar-refractivity contribution >= 4 is 24.1 Å². The van der Waals surface area contributed by atoms with Gasteiger partial charge in [-0.05, 0) is 25.2 Å². The molecule has 0 aliphatic heterocycles. The summed E-state index contributed by atoms with van der Waals surface area (Å²) in [6.07, 6.45) is 1.51. The molecular formula is C16H13N5O2S. The number of rotatable bonds is 4. The van der Waals surface area contributed by atoms with E-state index in [0.717, 1.165) is 11.1 Å². The molecule has 0 atom stereocenters. The molecule has 0 aliphatic rings. The third-order valence-corrected chi connectivity index (χ3v) is 3.59. The number of H-pyrrole nitrogens is 1. The molecule has 1 heterocycles. The molecule has 0 bridgehead atoms. The van der Waals surface area contributed by atoms with Crippen molar-refractivity contribution in [3.63, 3.8) is 0 Å². The van der Waals surface area contributed by atoms with Gasteiger partial charge in [-0.3, -0.25) is 10.1 Å². The summed E-state index contributed by atoms with van der Waals surface area (Å²) in [5.41, 5.74) is 2.57. The summed E-state index contributed by atoms with van der Waals surface area (Å²) >= 11 is 5.21. The number of nitrogens with zero attached hydrogens (tertiary/aromatic N) is 4. The summed E-state index contributed by atoms with van der Waals surface area (Å²) in [5.74, 6) is 0.574. The van der Waals surface area contributed by atoms with Crippen LogP contribution in [0.1, 0.15) is 11.1 Å². The van der Waals surface area contributed by atoms with E-state index < -0.39 is 4.92 Å². The van der Waals surface area contributed by atoms with Gasteiger partial charge >= 0.3 is 0 Å². The number of nitrogens with one attached hydrogen (secondary N) is 1. The second kappa shape index (κ2) is 6.55. The average molecular weight is 339 g/mol. The molecule has 1 aromatic heterocycles. The van der Waals surface area contributed by atoms with Crippen LogP contribution in [0.25, 0.3) is 11.4 Å². The number of benzene rings is 2. The van der Waals surface area contributed by atoms with E-state index in [1.54, 1.807) is 12.1 Å². The minimum atomic E-state index is -0.445. The van der Waals surface area contributed by atoms with Crippen LogP contribution in [-0.4, -0.2) is 26.0 Å². The van der Waals surface area contributed by atoms with Crippen molar-refractivity contribution in [2.24, 2.45) is 5.10 Å². The van der Waals surface area contributed by atoms with Crippen LogP contribution in [0.3, 0.4) is 0 Å². The first-order valence-corrected chi connectivity index (χ1v) is 7.49. The van der Waals surface area contributed by atoms with Crippen LogP contribution < -0.4 is 0 Å². The van der Waals surface area contributed by atoms with Gasteiger partial charge in [0.05, 0.1) is 11.1 Å². The fourth-order valence-electron chi connectivity index (χ4n) is 2.21. The average Bonchev–Trinajstić information content (AvgIpc) is 2.94. The number of aryl methyl sites for hydroxylation is 1. The zero-order valence-electron chi connectivity index (χ0n) is 12.7. The second-order valence-electron chi connectivity index (χ2n) is 5.13. The van der Waals surface area contributed by atoms with E-state index in [1.807, 2.05) is 31.2 Å². The van der Waals surface area contributed by atoms with E-state index >= 15 is 0 Å². The van der Waals surface area contributed by atoms with Gasteiger partial charge in [-0.1, -0.05) is 35.9 Å². The van der Waals surface area contributed by atoms with E-state index in [9.17, 15) is 10.1 Å². The number of aromatic amines is 1. The smallest absolute Gasteiger partial charge is 0.258 e. The maximum absolute atomic E-state index is 10.8. The molecule has 120 valence electrons. The molecule has 3 rings (SSSR count). The van der Waals surface area contributed by atoms with Gasteiger partial charge < -0.3 is 0 Å². The van der Waals surface area contributed by atoms with Gasteiger partial charge in [0.2, 0.25) is 4.77 Å². The summed E-state index contributed by atoms with van der Waals surface area (Å²) in [6.45, 7) is 1.99. The van der Waals surface area contributed by atoms with Crippen molar-refractivity contribution in [2.75, 3.05) is 0 Å². The lowest BCUT2D eigenvalue weighted by atomic mass is 10.1. The normalized spacial score (nSPS) is 11.0. The molecule has 0 aliphatic carbocycles. The molecule has 2 aromatic carbocycles. The molecule has 0 radical (unpaired) electrons. The first-order valence-electron chi connectivity index (χ1n) is 7.08. The van der Waals surface area contributed by atoms with E-state index in [4.69, 9.17) is 12.2 Å². The zero-order chi connectivity index (χ0) is 17.1. The maximum atomic E-state index is 10.8. The van der Waals surface area contributed by atoms with Crippen molar-refractivity contribution in [3.8, 4) is 11.4 Å². The lowest BCUT2D eigenvalue weighted by Gasteiger charge is -2.02. The van der Waals surface area contributed by atoms with Gasteiger partial charge in [-0.2, -0.15) is 14.9 Å². The molecule has 0 fully saturated rings. The van der Waals surface area contributed by atoms with Gasteiger partial charge in [-0.15, -0.1) is 0 Å². The van der Waals surface area contributed by atoms with Crippen LogP contribution in [0.4, 0.5) is 5.69 Å². The quantitative estimate of drug-likeness (QED) is 0.340. The molecule has 7 nitrogen and oxygen atoms in total. The van der Waals surface area contributed by atoms with Gasteiger partial charge in [-0.25, -0.2) is 5.10 Å². The van der Waals surface area contributed by atoms with Crippen LogP contribution in [0.15, 0.2) is 53.6 Å². The van der Waals surface area contributed by atoms with Gasteiger partial charge in [0.15, 0.2) is 5.82 Å². The summed E-state index contributed by atoms with van der Waals surface area (Å²) in [7, 11) is 0. The van der Waals surface area contributed by atoms with Crippen LogP contribution >= 0.6 is 12.2 Å². The summed E-state index contributed by atoms with van der Waals surface area (Å²) < 4.78 is 1.83. The van der Waals surface area contributed by atoms with Gasteiger partial charge in [0.25, 0.3) is 5.69 Å². The molecular weight excluding hydrogens is 326 g/mol. The van der Waals surface area contributed by atoms with Gasteiger partial charge in [0, 0.05) is 23.3 Å². The minimum absolute atomic E-state index is 0.00801. The first-order chi connectivity index (χ1) is 11.5. The Labute approximate surface area is 142 Å². The Hall–Kier alpha value is -3.13. The highest BCUT2D eigenvalue weighted by atomic mass is 32.1. The minimum Gasteiger partial charge on any atom is -0.258 e. The summed E-state index contributed by atoms with van der Waals surface area (Å²) in [4.78, 5) is 10.4. The Morgan fingerprint density at radius 2 is 2.08 bits per heavy atom. The fraction of sp³-hybridized carbons (Fsp3) is 0.0625. The molecule has 8 heteroatoms. The Morgan fingerprint density at radius 3 is 2.83 bits per heavy atom. The number of nitro groups is 1. The SMILES string of the molecule is Cc1cccc(-c2n[nH]c(=S)n2/N=C\c2cccc([N+](=O)[O-])c2)c1. The van der Waals surface area contributed by atoms with Crippen molar-refractivity contribution < 1.29 is 4.92 Å². The highest BCUT2D eigenvalue weighted by Crippen LogP contribution is 2.18. The molecule has 0 amide bonds. The Morgan fingerprint density at radius 1 is 1.29 bits per heavy atom. The number of hydrogen-bond acceptors (Lipinski definition) is 5. The van der Waals surface area contributed by atoms with Crippen molar-refractivity contribution in [3.05, 3.63) is 74.5 Å². The monoisotopic (exact) mass is 339 g/mol. The van der Waals surface area contributed by atoms with Crippen LogP contribution in [0, 0.1) is 21.8 Å². The van der Waals surface area contributed by atoms with Gasteiger partial charge in [0.1, 0.15) is 0 Å². The fourth-order valence-corrected chi connectivity index (χ4v) is 2.39.